The molecule has 0 rings (SSSR count). The molecule has 0 unspecified atom stereocenters. The van der Waals surface area contributed by atoms with E-state index in [9.17, 15) is 4.79 Å². The van der Waals surface area contributed by atoms with Crippen LogP contribution in [-0.4, -0.2) is 38.4 Å². The largest absolute Gasteiger partial charge is 0.380 e. The van der Waals surface area contributed by atoms with Crippen molar-refractivity contribution in [2.45, 2.75) is 104 Å². The second-order valence-electron chi connectivity index (χ2n) is 7.17. The van der Waals surface area contributed by atoms with Crippen LogP contribution in [0.2, 0.25) is 0 Å². The van der Waals surface area contributed by atoms with Crippen LogP contribution in [0.25, 0.3) is 0 Å². The summed E-state index contributed by atoms with van der Waals surface area (Å²) in [5.41, 5.74) is 0. The number of carbonyl (C=O) groups is 1. The molecule has 25 heavy (non-hydrogen) atoms. The maximum Gasteiger partial charge on any atom is 0.220 e. The van der Waals surface area contributed by atoms with Gasteiger partial charge in [0.15, 0.2) is 0 Å². The van der Waals surface area contributed by atoms with Crippen LogP contribution in [0.15, 0.2) is 0 Å². The monoisotopic (exact) mass is 357 g/mol. The third kappa shape index (κ3) is 21.3. The summed E-state index contributed by atoms with van der Waals surface area (Å²) in [4.78, 5) is 11.7. The van der Waals surface area contributed by atoms with Crippen LogP contribution < -0.4 is 5.32 Å². The Kier molecular flexibility index (Phi) is 19.2. The average Bonchev–Trinajstić information content (AvgIpc) is 2.58. The molecule has 0 aromatic carbocycles. The van der Waals surface area contributed by atoms with E-state index < -0.39 is 0 Å². The van der Waals surface area contributed by atoms with E-state index in [1.807, 2.05) is 0 Å². The summed E-state index contributed by atoms with van der Waals surface area (Å²) in [5.74, 6) is 0.164. The molecule has 150 valence electrons. The van der Waals surface area contributed by atoms with Crippen LogP contribution in [-0.2, 0) is 14.3 Å². The highest BCUT2D eigenvalue weighted by molar-refractivity contribution is 5.75. The minimum Gasteiger partial charge on any atom is -0.380 e. The van der Waals surface area contributed by atoms with Gasteiger partial charge in [0, 0.05) is 26.2 Å². The van der Waals surface area contributed by atoms with Crippen molar-refractivity contribution >= 4 is 5.91 Å². The first kappa shape index (κ1) is 24.4. The Morgan fingerprint density at radius 2 is 1.40 bits per heavy atom. The van der Waals surface area contributed by atoms with E-state index >= 15 is 0 Å². The molecule has 4 heteroatoms. The van der Waals surface area contributed by atoms with Crippen molar-refractivity contribution < 1.29 is 14.3 Å². The van der Waals surface area contributed by atoms with Crippen molar-refractivity contribution in [3.8, 4) is 0 Å². The molecule has 0 saturated heterocycles. The van der Waals surface area contributed by atoms with Gasteiger partial charge in [0.2, 0.25) is 5.91 Å². The van der Waals surface area contributed by atoms with Gasteiger partial charge in [0.05, 0.1) is 12.7 Å². The fraction of sp³-hybridized carbons (Fsp3) is 0.952. The van der Waals surface area contributed by atoms with E-state index in [0.29, 0.717) is 25.7 Å². The van der Waals surface area contributed by atoms with Gasteiger partial charge in [-0.25, -0.2) is 0 Å². The normalized spacial score (nSPS) is 11.2. The lowest BCUT2D eigenvalue weighted by Crippen LogP contribution is -2.27. The number of hydrogen-bond donors (Lipinski definition) is 1. The molecule has 4 nitrogen and oxygen atoms in total. The van der Waals surface area contributed by atoms with Gasteiger partial charge in [-0.2, -0.15) is 0 Å². The van der Waals surface area contributed by atoms with E-state index in [-0.39, 0.29) is 5.91 Å². The van der Waals surface area contributed by atoms with Gasteiger partial charge in [0.25, 0.3) is 0 Å². The van der Waals surface area contributed by atoms with Gasteiger partial charge in [-0.1, -0.05) is 58.3 Å². The minimum absolute atomic E-state index is 0.164. The van der Waals surface area contributed by atoms with Gasteiger partial charge in [0.1, 0.15) is 0 Å². The predicted molar refractivity (Wildman–Crippen MR) is 106 cm³/mol. The number of rotatable bonds is 19. The molecule has 0 atom stereocenters. The Morgan fingerprint density at radius 1 is 0.800 bits per heavy atom. The molecule has 0 aromatic rings. The summed E-state index contributed by atoms with van der Waals surface area (Å²) in [6.45, 7) is 9.35. The number of carbonyl (C=O) groups excluding carboxylic acids is 1. The molecule has 0 heterocycles. The standard InChI is InChI=1S/C21H43NO3/c1-4-5-6-10-13-17-24-19-16-22-21(23)15-12-9-7-8-11-14-18-25-20(2)3/h20H,4-19H2,1-3H3,(H,22,23). The first-order valence-corrected chi connectivity index (χ1v) is 10.6. The van der Waals surface area contributed by atoms with Crippen molar-refractivity contribution in [2.75, 3.05) is 26.4 Å². The van der Waals surface area contributed by atoms with Crippen molar-refractivity contribution in [3.63, 3.8) is 0 Å². The number of hydrogen-bond acceptors (Lipinski definition) is 3. The number of nitrogens with one attached hydrogen (secondary N) is 1. The van der Waals surface area contributed by atoms with Crippen LogP contribution in [0.4, 0.5) is 0 Å². The maximum absolute atomic E-state index is 11.7. The van der Waals surface area contributed by atoms with Crippen molar-refractivity contribution in [1.29, 1.82) is 0 Å². The molecule has 0 aromatic heterocycles. The summed E-state index contributed by atoms with van der Waals surface area (Å²) in [5, 5.41) is 2.94. The van der Waals surface area contributed by atoms with Gasteiger partial charge in [-0.05, 0) is 33.1 Å². The zero-order chi connectivity index (χ0) is 18.6. The van der Waals surface area contributed by atoms with Crippen LogP contribution in [0.5, 0.6) is 0 Å². The Hall–Kier alpha value is -0.610. The highest BCUT2D eigenvalue weighted by Gasteiger charge is 2.01. The molecular weight excluding hydrogens is 314 g/mol. The Labute approximate surface area is 156 Å². The minimum atomic E-state index is 0.164. The summed E-state index contributed by atoms with van der Waals surface area (Å²) < 4.78 is 11.1. The summed E-state index contributed by atoms with van der Waals surface area (Å²) in [7, 11) is 0. The molecule has 0 bridgehead atoms. The topological polar surface area (TPSA) is 47.6 Å². The van der Waals surface area contributed by atoms with Gasteiger partial charge in [-0.3, -0.25) is 4.79 Å². The SMILES string of the molecule is CCCCCCCOCCNC(=O)CCCCCCCCOC(C)C. The Bertz CT molecular complexity index is 282. The van der Waals surface area contributed by atoms with Crippen LogP contribution in [0.1, 0.15) is 97.8 Å². The molecule has 0 fully saturated rings. The molecular formula is C21H43NO3. The molecule has 0 aliphatic heterocycles. The van der Waals surface area contributed by atoms with E-state index in [1.165, 1.54) is 44.9 Å². The molecule has 0 radical (unpaired) electrons. The molecule has 0 spiro atoms. The second kappa shape index (κ2) is 19.7. The first-order chi connectivity index (χ1) is 12.2. The number of amides is 1. The summed E-state index contributed by atoms with van der Waals surface area (Å²) in [6.07, 6.45) is 14.3. The van der Waals surface area contributed by atoms with E-state index in [2.05, 4.69) is 26.1 Å². The number of ether oxygens (including phenoxy) is 2. The molecule has 0 saturated carbocycles. The fourth-order valence-electron chi connectivity index (χ4n) is 2.67. The fourth-order valence-corrected chi connectivity index (χ4v) is 2.67. The lowest BCUT2D eigenvalue weighted by atomic mass is 10.1. The Balaban J connectivity index is 3.16. The van der Waals surface area contributed by atoms with Crippen LogP contribution in [0.3, 0.4) is 0 Å². The third-order valence-corrected chi connectivity index (χ3v) is 4.21. The molecule has 1 N–H and O–H groups in total. The smallest absolute Gasteiger partial charge is 0.220 e. The highest BCUT2D eigenvalue weighted by Crippen LogP contribution is 2.07. The first-order valence-electron chi connectivity index (χ1n) is 10.6. The lowest BCUT2D eigenvalue weighted by Gasteiger charge is -2.07. The van der Waals surface area contributed by atoms with Crippen LogP contribution in [0, 0.1) is 0 Å². The zero-order valence-corrected chi connectivity index (χ0v) is 17.1. The van der Waals surface area contributed by atoms with E-state index in [1.54, 1.807) is 0 Å². The number of unbranched alkanes of at least 4 members (excludes halogenated alkanes) is 9. The zero-order valence-electron chi connectivity index (χ0n) is 17.1. The molecule has 0 aliphatic carbocycles. The molecule has 1 amide bonds. The summed E-state index contributed by atoms with van der Waals surface area (Å²) >= 11 is 0. The quantitative estimate of drug-likeness (QED) is 0.321. The van der Waals surface area contributed by atoms with Gasteiger partial charge in [-0.15, -0.1) is 0 Å². The Morgan fingerprint density at radius 3 is 2.08 bits per heavy atom. The average molecular weight is 358 g/mol. The third-order valence-electron chi connectivity index (χ3n) is 4.21. The van der Waals surface area contributed by atoms with E-state index in [4.69, 9.17) is 9.47 Å². The molecule has 0 aliphatic rings. The van der Waals surface area contributed by atoms with Crippen molar-refractivity contribution in [3.05, 3.63) is 0 Å². The van der Waals surface area contributed by atoms with E-state index in [0.717, 1.165) is 38.9 Å². The maximum atomic E-state index is 11.7. The van der Waals surface area contributed by atoms with Gasteiger partial charge >= 0.3 is 0 Å². The predicted octanol–water partition coefficient (Wildman–Crippen LogP) is 5.25. The summed E-state index contributed by atoms with van der Waals surface area (Å²) in [6, 6.07) is 0. The van der Waals surface area contributed by atoms with Crippen molar-refractivity contribution in [2.24, 2.45) is 0 Å². The second-order valence-corrected chi connectivity index (χ2v) is 7.17. The highest BCUT2D eigenvalue weighted by atomic mass is 16.5. The van der Waals surface area contributed by atoms with Gasteiger partial charge < -0.3 is 14.8 Å². The van der Waals surface area contributed by atoms with Crippen molar-refractivity contribution in [1.82, 2.24) is 5.32 Å². The van der Waals surface area contributed by atoms with Crippen LogP contribution >= 0.6 is 0 Å². The lowest BCUT2D eigenvalue weighted by molar-refractivity contribution is -0.121.